The lowest BCUT2D eigenvalue weighted by molar-refractivity contribution is -0.0564. The largest absolute Gasteiger partial charge is 0.393 e. The molecule has 4 aliphatic carbocycles. The first kappa shape index (κ1) is 20.9. The lowest BCUT2D eigenvalue weighted by Gasteiger charge is -2.58. The van der Waals surface area contributed by atoms with Gasteiger partial charge in [0, 0.05) is 6.04 Å². The lowest BCUT2D eigenvalue weighted by atomic mass is 9.48. The fourth-order valence-electron chi connectivity index (χ4n) is 8.24. The molecule has 0 spiro atoms. The molecular formula is C26H45NO. The summed E-state index contributed by atoms with van der Waals surface area (Å²) in [6.07, 6.45) is 15.4. The van der Waals surface area contributed by atoms with E-state index in [0.29, 0.717) is 10.8 Å². The van der Waals surface area contributed by atoms with E-state index in [1.807, 2.05) is 0 Å². The van der Waals surface area contributed by atoms with E-state index < -0.39 is 0 Å². The smallest absolute Gasteiger partial charge is 0.0577 e. The summed E-state index contributed by atoms with van der Waals surface area (Å²) >= 11 is 0. The summed E-state index contributed by atoms with van der Waals surface area (Å²) in [6.45, 7) is 11.2. The molecule has 0 aliphatic heterocycles. The second-order valence-electron chi connectivity index (χ2n) is 11.8. The van der Waals surface area contributed by atoms with Crippen LogP contribution < -0.4 is 0 Å². The zero-order valence-electron chi connectivity index (χ0n) is 19.2. The number of rotatable bonds is 5. The molecule has 2 nitrogen and oxygen atoms in total. The maximum atomic E-state index is 10.2. The van der Waals surface area contributed by atoms with Gasteiger partial charge in [-0.2, -0.15) is 0 Å². The molecule has 3 fully saturated rings. The maximum Gasteiger partial charge on any atom is 0.0577 e. The summed E-state index contributed by atoms with van der Waals surface area (Å²) in [5.74, 6) is 3.49. The van der Waals surface area contributed by atoms with Crippen molar-refractivity contribution in [1.82, 2.24) is 4.90 Å². The fraction of sp³-hybridized carbons (Fsp3) is 0.923. The molecule has 4 aliphatic rings. The van der Waals surface area contributed by atoms with Crippen molar-refractivity contribution in [2.75, 3.05) is 13.6 Å². The minimum Gasteiger partial charge on any atom is -0.393 e. The van der Waals surface area contributed by atoms with Crippen LogP contribution in [0.15, 0.2) is 11.6 Å². The number of aliphatic hydroxyl groups excluding tert-OH is 1. The van der Waals surface area contributed by atoms with Crippen molar-refractivity contribution in [3.8, 4) is 0 Å². The third-order valence-electron chi connectivity index (χ3n) is 9.85. The lowest BCUT2D eigenvalue weighted by Crippen LogP contribution is -2.53. The van der Waals surface area contributed by atoms with E-state index in [1.165, 1.54) is 57.9 Å². The monoisotopic (exact) mass is 387 g/mol. The standard InChI is InChI=1S/C26H45NO/c1-18(2)7-6-16-27(5)24-11-10-22-21-9-8-19-17-20(28)12-14-25(19,3)23(21)13-15-26(22,24)4/h8,18,20-24,28H,6-7,9-17H2,1-5H3/t20-,21?,22?,23?,24-,25?,26?/m0/s1. The molecule has 5 unspecified atom stereocenters. The normalized spacial score (nSPS) is 45.6. The molecule has 0 amide bonds. The van der Waals surface area contributed by atoms with E-state index >= 15 is 0 Å². The number of hydrogen-bond donors (Lipinski definition) is 1. The second kappa shape index (κ2) is 7.73. The summed E-state index contributed by atoms with van der Waals surface area (Å²) < 4.78 is 0. The molecule has 0 aromatic carbocycles. The highest BCUT2D eigenvalue weighted by Crippen LogP contribution is 2.65. The molecule has 2 heteroatoms. The van der Waals surface area contributed by atoms with Crippen LogP contribution in [0.3, 0.4) is 0 Å². The molecule has 160 valence electrons. The molecular weight excluding hydrogens is 342 g/mol. The Labute approximate surface area is 174 Å². The minimum absolute atomic E-state index is 0.0833. The predicted molar refractivity (Wildman–Crippen MR) is 118 cm³/mol. The van der Waals surface area contributed by atoms with Crippen molar-refractivity contribution in [1.29, 1.82) is 0 Å². The Morgan fingerprint density at radius 3 is 2.64 bits per heavy atom. The molecule has 28 heavy (non-hydrogen) atoms. The van der Waals surface area contributed by atoms with Gasteiger partial charge in [0.25, 0.3) is 0 Å². The van der Waals surface area contributed by atoms with Gasteiger partial charge < -0.3 is 10.0 Å². The SMILES string of the molecule is CC(C)CCCN(C)[C@H]1CCC2C3CC=C4C[C@@H](O)CCC4(C)C3CCC21C. The van der Waals surface area contributed by atoms with Gasteiger partial charge >= 0.3 is 0 Å². The van der Waals surface area contributed by atoms with Gasteiger partial charge in [0.2, 0.25) is 0 Å². The number of nitrogens with zero attached hydrogens (tertiary/aromatic N) is 1. The molecule has 0 saturated heterocycles. The molecule has 7 atom stereocenters. The van der Waals surface area contributed by atoms with Crippen LogP contribution in [0.5, 0.6) is 0 Å². The third-order valence-corrected chi connectivity index (χ3v) is 9.85. The first-order valence-corrected chi connectivity index (χ1v) is 12.3. The van der Waals surface area contributed by atoms with Crippen molar-refractivity contribution >= 4 is 0 Å². The van der Waals surface area contributed by atoms with E-state index in [1.54, 1.807) is 5.57 Å². The number of aliphatic hydroxyl groups is 1. The van der Waals surface area contributed by atoms with Crippen LogP contribution in [0, 0.1) is 34.5 Å². The zero-order chi connectivity index (χ0) is 20.1. The van der Waals surface area contributed by atoms with Gasteiger partial charge in [-0.25, -0.2) is 0 Å². The molecule has 3 saturated carbocycles. The van der Waals surface area contributed by atoms with Crippen LogP contribution in [-0.4, -0.2) is 35.7 Å². The van der Waals surface area contributed by atoms with Crippen LogP contribution in [-0.2, 0) is 0 Å². The van der Waals surface area contributed by atoms with E-state index in [0.717, 1.165) is 42.6 Å². The molecule has 0 radical (unpaired) electrons. The summed E-state index contributed by atoms with van der Waals surface area (Å²) in [6, 6.07) is 0.789. The van der Waals surface area contributed by atoms with Gasteiger partial charge in [-0.05, 0) is 112 Å². The maximum absolute atomic E-state index is 10.2. The molecule has 0 heterocycles. The van der Waals surface area contributed by atoms with Gasteiger partial charge in [-0.15, -0.1) is 0 Å². The molecule has 0 aromatic rings. The summed E-state index contributed by atoms with van der Waals surface area (Å²) in [4.78, 5) is 2.74. The minimum atomic E-state index is -0.0833. The van der Waals surface area contributed by atoms with Crippen LogP contribution >= 0.6 is 0 Å². The van der Waals surface area contributed by atoms with Crippen LogP contribution in [0.25, 0.3) is 0 Å². The van der Waals surface area contributed by atoms with Crippen molar-refractivity contribution in [3.63, 3.8) is 0 Å². The highest BCUT2D eigenvalue weighted by Gasteiger charge is 2.59. The van der Waals surface area contributed by atoms with Gasteiger partial charge in [-0.3, -0.25) is 0 Å². The van der Waals surface area contributed by atoms with Gasteiger partial charge in [0.15, 0.2) is 0 Å². The molecule has 1 N–H and O–H groups in total. The highest BCUT2D eigenvalue weighted by molar-refractivity contribution is 5.25. The Kier molecular flexibility index (Phi) is 5.77. The van der Waals surface area contributed by atoms with E-state index in [2.05, 4.69) is 45.7 Å². The Bertz CT molecular complexity index is 597. The Hall–Kier alpha value is -0.340. The quantitative estimate of drug-likeness (QED) is 0.581. The fourth-order valence-corrected chi connectivity index (χ4v) is 8.24. The first-order chi connectivity index (χ1) is 13.3. The molecule has 0 bridgehead atoms. The Morgan fingerprint density at radius 2 is 1.89 bits per heavy atom. The van der Waals surface area contributed by atoms with Gasteiger partial charge in [0.1, 0.15) is 0 Å². The number of fused-ring (bicyclic) bond motifs is 5. The van der Waals surface area contributed by atoms with Crippen molar-refractivity contribution in [2.45, 2.75) is 104 Å². The van der Waals surface area contributed by atoms with Crippen molar-refractivity contribution in [2.24, 2.45) is 34.5 Å². The average molecular weight is 388 g/mol. The topological polar surface area (TPSA) is 23.5 Å². The van der Waals surface area contributed by atoms with E-state index in [4.69, 9.17) is 0 Å². The highest BCUT2D eigenvalue weighted by atomic mass is 16.3. The Balaban J connectivity index is 1.49. The van der Waals surface area contributed by atoms with Gasteiger partial charge in [0.05, 0.1) is 6.10 Å². The van der Waals surface area contributed by atoms with Crippen LogP contribution in [0.4, 0.5) is 0 Å². The summed E-state index contributed by atoms with van der Waals surface area (Å²) in [7, 11) is 2.41. The summed E-state index contributed by atoms with van der Waals surface area (Å²) in [5.41, 5.74) is 2.51. The third kappa shape index (κ3) is 3.41. The van der Waals surface area contributed by atoms with E-state index in [-0.39, 0.29) is 6.10 Å². The Morgan fingerprint density at radius 1 is 1.11 bits per heavy atom. The summed E-state index contributed by atoms with van der Waals surface area (Å²) in [5, 5.41) is 10.2. The first-order valence-electron chi connectivity index (χ1n) is 12.3. The zero-order valence-corrected chi connectivity index (χ0v) is 19.2. The second-order valence-corrected chi connectivity index (χ2v) is 11.8. The average Bonchev–Trinajstić information content (AvgIpc) is 2.99. The van der Waals surface area contributed by atoms with Crippen molar-refractivity contribution < 1.29 is 5.11 Å². The van der Waals surface area contributed by atoms with E-state index in [9.17, 15) is 5.11 Å². The number of hydrogen-bond acceptors (Lipinski definition) is 2. The van der Waals surface area contributed by atoms with Crippen LogP contribution in [0.1, 0.15) is 91.9 Å². The predicted octanol–water partition coefficient (Wildman–Crippen LogP) is 6.05. The van der Waals surface area contributed by atoms with Gasteiger partial charge in [-0.1, -0.05) is 39.3 Å². The molecule has 0 aromatic heterocycles. The number of allylic oxidation sites excluding steroid dienone is 1. The molecule has 4 rings (SSSR count). The van der Waals surface area contributed by atoms with Crippen LogP contribution in [0.2, 0.25) is 0 Å². The van der Waals surface area contributed by atoms with Crippen molar-refractivity contribution in [3.05, 3.63) is 11.6 Å².